The molecule has 0 fully saturated rings. The first-order chi connectivity index (χ1) is 5.93. The van der Waals surface area contributed by atoms with E-state index in [0.717, 1.165) is 0 Å². The minimum atomic E-state index is -1.18. The van der Waals surface area contributed by atoms with E-state index in [1.54, 1.807) is 14.0 Å². The van der Waals surface area contributed by atoms with Gasteiger partial charge in [0.2, 0.25) is 5.91 Å². The molecule has 0 aliphatic rings. The van der Waals surface area contributed by atoms with Gasteiger partial charge in [-0.15, -0.1) is 0 Å². The molecule has 0 aromatic heterocycles. The Morgan fingerprint density at radius 1 is 1.62 bits per heavy atom. The number of amides is 1. The van der Waals surface area contributed by atoms with Crippen molar-refractivity contribution in [3.63, 3.8) is 0 Å². The second-order valence-corrected chi connectivity index (χ2v) is 3.37. The van der Waals surface area contributed by atoms with Crippen molar-refractivity contribution in [3.05, 3.63) is 0 Å². The smallest absolute Gasteiger partial charge is 0.236 e. The van der Waals surface area contributed by atoms with Crippen molar-refractivity contribution in [2.45, 2.75) is 25.5 Å². The van der Waals surface area contributed by atoms with Crippen LogP contribution in [0.2, 0.25) is 0 Å². The third-order valence-electron chi connectivity index (χ3n) is 1.77. The van der Waals surface area contributed by atoms with E-state index in [-0.39, 0.29) is 25.1 Å². The molecule has 2 atom stereocenters. The first-order valence-corrected chi connectivity index (χ1v) is 4.21. The molecule has 5 heteroatoms. The molecule has 5 nitrogen and oxygen atoms in total. The van der Waals surface area contributed by atoms with Crippen LogP contribution in [0.1, 0.15) is 13.8 Å². The van der Waals surface area contributed by atoms with Gasteiger partial charge in [-0.3, -0.25) is 4.79 Å². The summed E-state index contributed by atoms with van der Waals surface area (Å²) in [6.07, 6.45) is 0. The number of hydrogen-bond acceptors (Lipinski definition) is 4. The van der Waals surface area contributed by atoms with Gasteiger partial charge in [-0.05, 0) is 13.8 Å². The third-order valence-corrected chi connectivity index (χ3v) is 1.77. The normalized spacial score (nSPS) is 17.6. The summed E-state index contributed by atoms with van der Waals surface area (Å²) in [5.41, 5.74) is -1.18. The molecule has 0 rings (SSSR count). The molecular formula is C8H18N2O3. The molecule has 0 aliphatic carbocycles. The lowest BCUT2D eigenvalue weighted by Gasteiger charge is -2.22. The number of hydrogen-bond donors (Lipinski definition) is 4. The SMILES string of the molecule is CNC(=O)C(C)NCC(C)(O)CO. The van der Waals surface area contributed by atoms with E-state index in [1.165, 1.54) is 6.92 Å². The third kappa shape index (κ3) is 4.82. The highest BCUT2D eigenvalue weighted by Gasteiger charge is 2.21. The average Bonchev–Trinajstić information content (AvgIpc) is 2.13. The zero-order valence-corrected chi connectivity index (χ0v) is 8.29. The van der Waals surface area contributed by atoms with E-state index >= 15 is 0 Å². The highest BCUT2D eigenvalue weighted by atomic mass is 16.3. The quantitative estimate of drug-likeness (QED) is 0.423. The number of carbonyl (C=O) groups excluding carboxylic acids is 1. The van der Waals surface area contributed by atoms with Crippen LogP contribution in [0, 0.1) is 0 Å². The van der Waals surface area contributed by atoms with Gasteiger partial charge in [0, 0.05) is 13.6 Å². The molecular weight excluding hydrogens is 172 g/mol. The fourth-order valence-electron chi connectivity index (χ4n) is 0.738. The summed E-state index contributed by atoms with van der Waals surface area (Å²) in [6, 6.07) is -0.372. The van der Waals surface area contributed by atoms with Gasteiger partial charge in [-0.2, -0.15) is 0 Å². The molecule has 0 heterocycles. The second kappa shape index (κ2) is 5.16. The number of nitrogens with one attached hydrogen (secondary N) is 2. The molecule has 0 spiro atoms. The number of rotatable bonds is 5. The van der Waals surface area contributed by atoms with Crippen molar-refractivity contribution in [1.29, 1.82) is 0 Å². The van der Waals surface area contributed by atoms with Crippen LogP contribution in [0.3, 0.4) is 0 Å². The first-order valence-electron chi connectivity index (χ1n) is 4.21. The van der Waals surface area contributed by atoms with Gasteiger partial charge in [0.05, 0.1) is 18.2 Å². The maximum Gasteiger partial charge on any atom is 0.236 e. The summed E-state index contributed by atoms with van der Waals surface area (Å²) in [5, 5.41) is 23.4. The van der Waals surface area contributed by atoms with Gasteiger partial charge in [0.1, 0.15) is 0 Å². The molecule has 1 amide bonds. The minimum absolute atomic E-state index is 0.145. The van der Waals surface area contributed by atoms with Gasteiger partial charge in [0.15, 0.2) is 0 Å². The zero-order chi connectivity index (χ0) is 10.5. The summed E-state index contributed by atoms with van der Waals surface area (Å²) >= 11 is 0. The lowest BCUT2D eigenvalue weighted by Crippen LogP contribution is -2.48. The van der Waals surface area contributed by atoms with Gasteiger partial charge in [-0.1, -0.05) is 0 Å². The molecule has 4 N–H and O–H groups in total. The maximum atomic E-state index is 11.0. The Balaban J connectivity index is 3.82. The van der Waals surface area contributed by atoms with Crippen LogP contribution in [0.5, 0.6) is 0 Å². The summed E-state index contributed by atoms with van der Waals surface area (Å²) in [4.78, 5) is 11.0. The largest absolute Gasteiger partial charge is 0.393 e. The van der Waals surface area contributed by atoms with E-state index < -0.39 is 5.60 Å². The predicted octanol–water partition coefficient (Wildman–Crippen LogP) is -1.55. The Labute approximate surface area is 78.1 Å². The van der Waals surface area contributed by atoms with Crippen LogP contribution in [0.15, 0.2) is 0 Å². The van der Waals surface area contributed by atoms with E-state index in [2.05, 4.69) is 10.6 Å². The Kier molecular flexibility index (Phi) is 4.90. The topological polar surface area (TPSA) is 81.6 Å². The lowest BCUT2D eigenvalue weighted by atomic mass is 10.1. The summed E-state index contributed by atoms with van der Waals surface area (Å²) in [6.45, 7) is 3.03. The van der Waals surface area contributed by atoms with E-state index in [4.69, 9.17) is 5.11 Å². The minimum Gasteiger partial charge on any atom is -0.393 e. The molecule has 0 aromatic rings. The standard InChI is InChI=1S/C8H18N2O3/c1-6(7(12)9-3)10-4-8(2,13)5-11/h6,10-11,13H,4-5H2,1-3H3,(H,9,12). The Hall–Kier alpha value is -0.650. The average molecular weight is 190 g/mol. The fraction of sp³-hybridized carbons (Fsp3) is 0.875. The monoisotopic (exact) mass is 190 g/mol. The van der Waals surface area contributed by atoms with Gasteiger partial charge in [-0.25, -0.2) is 0 Å². The molecule has 78 valence electrons. The van der Waals surface area contributed by atoms with Crippen LogP contribution in [-0.4, -0.2) is 48.0 Å². The van der Waals surface area contributed by atoms with Crippen molar-refractivity contribution < 1.29 is 15.0 Å². The summed E-state index contributed by atoms with van der Waals surface area (Å²) in [5.74, 6) is -0.145. The van der Waals surface area contributed by atoms with Crippen molar-refractivity contribution >= 4 is 5.91 Å². The fourth-order valence-corrected chi connectivity index (χ4v) is 0.738. The highest BCUT2D eigenvalue weighted by Crippen LogP contribution is 1.99. The van der Waals surface area contributed by atoms with Crippen LogP contribution in [0.25, 0.3) is 0 Å². The van der Waals surface area contributed by atoms with Crippen molar-refractivity contribution in [1.82, 2.24) is 10.6 Å². The predicted molar refractivity (Wildman–Crippen MR) is 49.2 cm³/mol. The summed E-state index contributed by atoms with van der Waals surface area (Å²) in [7, 11) is 1.55. The van der Waals surface area contributed by atoms with E-state index in [0.29, 0.717) is 0 Å². The number of carbonyl (C=O) groups is 1. The van der Waals surface area contributed by atoms with E-state index in [1.807, 2.05) is 0 Å². The van der Waals surface area contributed by atoms with Crippen LogP contribution < -0.4 is 10.6 Å². The van der Waals surface area contributed by atoms with Crippen LogP contribution in [0.4, 0.5) is 0 Å². The van der Waals surface area contributed by atoms with Crippen molar-refractivity contribution in [2.75, 3.05) is 20.2 Å². The molecule has 0 saturated carbocycles. The second-order valence-electron chi connectivity index (χ2n) is 3.37. The van der Waals surface area contributed by atoms with E-state index in [9.17, 15) is 9.90 Å². The van der Waals surface area contributed by atoms with Gasteiger partial charge < -0.3 is 20.8 Å². The first kappa shape index (κ1) is 12.3. The highest BCUT2D eigenvalue weighted by molar-refractivity contribution is 5.80. The Morgan fingerprint density at radius 2 is 2.15 bits per heavy atom. The number of aliphatic hydroxyl groups excluding tert-OH is 1. The molecule has 0 aliphatic heterocycles. The van der Waals surface area contributed by atoms with Crippen LogP contribution in [-0.2, 0) is 4.79 Å². The lowest BCUT2D eigenvalue weighted by molar-refractivity contribution is -0.122. The number of aliphatic hydroxyl groups is 2. The molecule has 2 unspecified atom stereocenters. The molecule has 0 aromatic carbocycles. The van der Waals surface area contributed by atoms with Crippen molar-refractivity contribution in [2.24, 2.45) is 0 Å². The summed E-state index contributed by atoms with van der Waals surface area (Å²) < 4.78 is 0. The van der Waals surface area contributed by atoms with Crippen LogP contribution >= 0.6 is 0 Å². The molecule has 13 heavy (non-hydrogen) atoms. The van der Waals surface area contributed by atoms with Gasteiger partial charge >= 0.3 is 0 Å². The Morgan fingerprint density at radius 3 is 2.54 bits per heavy atom. The zero-order valence-electron chi connectivity index (χ0n) is 8.29. The van der Waals surface area contributed by atoms with Crippen molar-refractivity contribution in [3.8, 4) is 0 Å². The number of likely N-dealkylation sites (N-methyl/N-ethyl adjacent to an activating group) is 1. The molecule has 0 radical (unpaired) electrons. The molecule has 0 saturated heterocycles. The van der Waals surface area contributed by atoms with Gasteiger partial charge in [0.25, 0.3) is 0 Å². The Bertz CT molecular complexity index is 171. The maximum absolute atomic E-state index is 11.0. The molecule has 0 bridgehead atoms.